The zero-order valence-electron chi connectivity index (χ0n) is 14.8. The van der Waals surface area contributed by atoms with E-state index in [0.717, 1.165) is 36.5 Å². The van der Waals surface area contributed by atoms with Gasteiger partial charge in [0.25, 0.3) is 0 Å². The smallest absolute Gasteiger partial charge is 0.306 e. The lowest BCUT2D eigenvalue weighted by Gasteiger charge is -2.37. The molecule has 0 aromatic heterocycles. The van der Waals surface area contributed by atoms with E-state index in [4.69, 9.17) is 19.9 Å². The molecule has 24 heavy (non-hydrogen) atoms. The highest BCUT2D eigenvalue weighted by atomic mass is 16.5. The lowest BCUT2D eigenvalue weighted by molar-refractivity contribution is -0.141. The average molecular weight is 336 g/mol. The van der Waals surface area contributed by atoms with E-state index in [2.05, 4.69) is 11.8 Å². The number of anilines is 2. The molecule has 0 saturated carbocycles. The van der Waals surface area contributed by atoms with E-state index in [1.165, 1.54) is 7.11 Å². The third-order valence-electron chi connectivity index (χ3n) is 4.54. The molecule has 6 heteroatoms. The van der Waals surface area contributed by atoms with Crippen molar-refractivity contribution in [2.75, 3.05) is 51.2 Å². The number of carbonyl (C=O) groups is 1. The molecule has 0 radical (unpaired) electrons. The third-order valence-corrected chi connectivity index (χ3v) is 4.54. The number of esters is 1. The van der Waals surface area contributed by atoms with Crippen molar-refractivity contribution >= 4 is 17.3 Å². The molecule has 0 bridgehead atoms. The van der Waals surface area contributed by atoms with Gasteiger partial charge in [0.2, 0.25) is 0 Å². The maximum Gasteiger partial charge on any atom is 0.306 e. The number of benzene rings is 1. The van der Waals surface area contributed by atoms with Crippen molar-refractivity contribution in [1.82, 2.24) is 0 Å². The van der Waals surface area contributed by atoms with Crippen molar-refractivity contribution in [2.45, 2.75) is 31.7 Å². The molecule has 1 aliphatic heterocycles. The van der Waals surface area contributed by atoms with Crippen LogP contribution in [-0.2, 0) is 19.0 Å². The Labute approximate surface area is 143 Å². The normalized spacial score (nSPS) is 19.1. The molecule has 0 amide bonds. The molecule has 6 nitrogen and oxygen atoms in total. The van der Waals surface area contributed by atoms with Crippen LogP contribution in [0.2, 0.25) is 0 Å². The number of methoxy groups -OCH3 is 2. The summed E-state index contributed by atoms with van der Waals surface area (Å²) in [5, 5.41) is 0. The number of hydrogen-bond acceptors (Lipinski definition) is 6. The predicted molar refractivity (Wildman–Crippen MR) is 94.3 cm³/mol. The number of nitrogens with two attached hydrogens (primary N) is 1. The van der Waals surface area contributed by atoms with Gasteiger partial charge in [0.15, 0.2) is 0 Å². The molecule has 134 valence electrons. The molecule has 0 spiro atoms. The molecule has 1 fully saturated rings. The Bertz CT molecular complexity index is 550. The fourth-order valence-corrected chi connectivity index (χ4v) is 3.16. The molecule has 2 N–H and O–H groups in total. The molecule has 1 aromatic carbocycles. The molecule has 1 saturated heterocycles. The fourth-order valence-electron chi connectivity index (χ4n) is 3.16. The van der Waals surface area contributed by atoms with Crippen LogP contribution in [0.3, 0.4) is 0 Å². The van der Waals surface area contributed by atoms with Crippen LogP contribution in [0.25, 0.3) is 0 Å². The minimum atomic E-state index is -0.251. The first-order chi connectivity index (χ1) is 11.6. The van der Waals surface area contributed by atoms with E-state index in [1.54, 1.807) is 7.11 Å². The lowest BCUT2D eigenvalue weighted by atomic mass is 9.95. The van der Waals surface area contributed by atoms with Crippen molar-refractivity contribution in [3.63, 3.8) is 0 Å². The highest BCUT2D eigenvalue weighted by molar-refractivity contribution is 5.72. The standard InChI is InChI=1S/C18H28N2O4/c1-4-15-12-24-8-7-20(15)17-6-5-13(9-16(17)19)14(11-22-2)10-18(21)23-3/h5-6,9,14-15H,4,7-8,10-12,19H2,1-3H3/t14-,15?/m0/s1. The summed E-state index contributed by atoms with van der Waals surface area (Å²) in [4.78, 5) is 13.9. The van der Waals surface area contributed by atoms with Gasteiger partial charge in [-0.15, -0.1) is 0 Å². The molecule has 2 rings (SSSR count). The average Bonchev–Trinajstić information content (AvgIpc) is 2.61. The van der Waals surface area contributed by atoms with Crippen molar-refractivity contribution in [2.24, 2.45) is 0 Å². The molecule has 1 aliphatic rings. The summed E-state index contributed by atoms with van der Waals surface area (Å²) in [6.45, 7) is 4.88. The second-order valence-electron chi connectivity index (χ2n) is 6.08. The molecule has 0 aliphatic carbocycles. The number of ether oxygens (including phenoxy) is 3. The first kappa shape index (κ1) is 18.5. The Morgan fingerprint density at radius 1 is 1.46 bits per heavy atom. The number of nitrogen functional groups attached to an aromatic ring is 1. The summed E-state index contributed by atoms with van der Waals surface area (Å²) in [5.41, 5.74) is 9.07. The first-order valence-corrected chi connectivity index (χ1v) is 8.40. The van der Waals surface area contributed by atoms with Gasteiger partial charge in [-0.25, -0.2) is 0 Å². The van der Waals surface area contributed by atoms with Crippen LogP contribution in [0, 0.1) is 0 Å². The van der Waals surface area contributed by atoms with Crippen molar-refractivity contribution in [3.8, 4) is 0 Å². The summed E-state index contributed by atoms with van der Waals surface area (Å²) < 4.78 is 15.6. The Balaban J connectivity index is 2.22. The second-order valence-corrected chi connectivity index (χ2v) is 6.08. The van der Waals surface area contributed by atoms with Gasteiger partial charge in [-0.1, -0.05) is 13.0 Å². The topological polar surface area (TPSA) is 74.0 Å². The van der Waals surface area contributed by atoms with Crippen LogP contribution < -0.4 is 10.6 Å². The van der Waals surface area contributed by atoms with E-state index in [-0.39, 0.29) is 18.3 Å². The van der Waals surface area contributed by atoms with Crippen molar-refractivity contribution in [3.05, 3.63) is 23.8 Å². The Hall–Kier alpha value is -1.79. The van der Waals surface area contributed by atoms with Crippen LogP contribution in [0.15, 0.2) is 18.2 Å². The summed E-state index contributed by atoms with van der Waals surface area (Å²) in [6.07, 6.45) is 1.29. The summed E-state index contributed by atoms with van der Waals surface area (Å²) in [6, 6.07) is 6.36. The lowest BCUT2D eigenvalue weighted by Crippen LogP contribution is -2.45. The largest absolute Gasteiger partial charge is 0.469 e. The molecular formula is C18H28N2O4. The maximum absolute atomic E-state index is 11.6. The SMILES string of the molecule is CCC1COCCN1c1ccc([C@H](COC)CC(=O)OC)cc1N. The predicted octanol–water partition coefficient (Wildman–Crippen LogP) is 2.18. The minimum Gasteiger partial charge on any atom is -0.469 e. The second kappa shape index (κ2) is 8.89. The van der Waals surface area contributed by atoms with Gasteiger partial charge in [0, 0.05) is 19.6 Å². The summed E-state index contributed by atoms with van der Waals surface area (Å²) in [7, 11) is 3.02. The Morgan fingerprint density at radius 3 is 2.88 bits per heavy atom. The number of hydrogen-bond donors (Lipinski definition) is 1. The van der Waals surface area contributed by atoms with Crippen LogP contribution >= 0.6 is 0 Å². The van der Waals surface area contributed by atoms with E-state index in [1.807, 2.05) is 18.2 Å². The zero-order chi connectivity index (χ0) is 17.5. The van der Waals surface area contributed by atoms with Gasteiger partial charge in [-0.05, 0) is 24.1 Å². The van der Waals surface area contributed by atoms with Crippen LogP contribution in [-0.4, -0.2) is 52.6 Å². The quantitative estimate of drug-likeness (QED) is 0.608. The number of carbonyl (C=O) groups excluding carboxylic acids is 1. The van der Waals surface area contributed by atoms with Gasteiger partial charge >= 0.3 is 5.97 Å². The first-order valence-electron chi connectivity index (χ1n) is 8.40. The maximum atomic E-state index is 11.6. The van der Waals surface area contributed by atoms with Gasteiger partial charge < -0.3 is 24.8 Å². The van der Waals surface area contributed by atoms with E-state index >= 15 is 0 Å². The molecular weight excluding hydrogens is 308 g/mol. The highest BCUT2D eigenvalue weighted by Gasteiger charge is 2.24. The van der Waals surface area contributed by atoms with Gasteiger partial charge in [0.05, 0.1) is 50.8 Å². The molecule has 1 unspecified atom stereocenters. The van der Waals surface area contributed by atoms with Crippen molar-refractivity contribution in [1.29, 1.82) is 0 Å². The van der Waals surface area contributed by atoms with Crippen molar-refractivity contribution < 1.29 is 19.0 Å². The summed E-state index contributed by atoms with van der Waals surface area (Å²) in [5.74, 6) is -0.315. The van der Waals surface area contributed by atoms with Gasteiger partial charge in [-0.3, -0.25) is 4.79 Å². The van der Waals surface area contributed by atoms with Crippen LogP contribution in [0.1, 0.15) is 31.2 Å². The molecule has 1 heterocycles. The highest BCUT2D eigenvalue weighted by Crippen LogP contribution is 2.32. The zero-order valence-corrected chi connectivity index (χ0v) is 14.8. The molecule has 1 aromatic rings. The van der Waals surface area contributed by atoms with E-state index in [9.17, 15) is 4.79 Å². The number of nitrogens with zero attached hydrogens (tertiary/aromatic N) is 1. The Kier molecular flexibility index (Phi) is 6.87. The fraction of sp³-hybridized carbons (Fsp3) is 0.611. The van der Waals surface area contributed by atoms with E-state index < -0.39 is 0 Å². The molecule has 2 atom stereocenters. The number of rotatable bonds is 7. The van der Waals surface area contributed by atoms with Gasteiger partial charge in [-0.2, -0.15) is 0 Å². The van der Waals surface area contributed by atoms with Gasteiger partial charge in [0.1, 0.15) is 0 Å². The minimum absolute atomic E-state index is 0.0644. The van der Waals surface area contributed by atoms with Crippen LogP contribution in [0.5, 0.6) is 0 Å². The van der Waals surface area contributed by atoms with Crippen LogP contribution in [0.4, 0.5) is 11.4 Å². The monoisotopic (exact) mass is 336 g/mol. The Morgan fingerprint density at radius 2 is 2.25 bits per heavy atom. The van der Waals surface area contributed by atoms with E-state index in [0.29, 0.717) is 19.3 Å². The number of morpholine rings is 1. The summed E-state index contributed by atoms with van der Waals surface area (Å²) >= 11 is 0. The third kappa shape index (κ3) is 4.39.